The molecule has 1 fully saturated rings. The number of hydrogen-bond donors (Lipinski definition) is 6. The fourth-order valence-corrected chi connectivity index (χ4v) is 9.06. The number of unbranched alkanes of at least 4 members (excludes halogenated alkanes) is 19. The van der Waals surface area contributed by atoms with Crippen LogP contribution in [-0.2, 0) is 46.6 Å². The Labute approximate surface area is 390 Å². The van der Waals surface area contributed by atoms with E-state index in [0.717, 1.165) is 44.4 Å². The van der Waals surface area contributed by atoms with Crippen molar-refractivity contribution in [2.45, 2.75) is 225 Å². The molecule has 18 heteroatoms. The summed E-state index contributed by atoms with van der Waals surface area (Å²) >= 11 is 0. The summed E-state index contributed by atoms with van der Waals surface area (Å²) in [5.41, 5.74) is 0. The molecule has 7 atom stereocenters. The molecule has 1 aliphatic carbocycles. The van der Waals surface area contributed by atoms with Crippen molar-refractivity contribution < 1.29 is 76.6 Å². The maximum atomic E-state index is 12.8. The largest absolute Gasteiger partial charge is 0.472 e. The highest BCUT2D eigenvalue weighted by Crippen LogP contribution is 2.44. The van der Waals surface area contributed by atoms with Gasteiger partial charge in [0.05, 0.1) is 32.0 Å². The predicted molar refractivity (Wildman–Crippen MR) is 249 cm³/mol. The number of Topliss-reactive ketones (excluding diaryl/α,β-unsaturated/α-hetero) is 1. The van der Waals surface area contributed by atoms with Gasteiger partial charge in [-0.25, -0.2) is 9.13 Å². The van der Waals surface area contributed by atoms with Crippen molar-refractivity contribution in [2.75, 3.05) is 26.4 Å². The second kappa shape index (κ2) is 37.4. The number of ether oxygens (including phenoxy) is 2. The van der Waals surface area contributed by atoms with Crippen LogP contribution in [-0.4, -0.2) is 98.6 Å². The van der Waals surface area contributed by atoms with Gasteiger partial charge in [-0.3, -0.25) is 28.0 Å². The molecule has 382 valence electrons. The summed E-state index contributed by atoms with van der Waals surface area (Å²) in [6.45, 7) is 3.75. The molecule has 0 aliphatic heterocycles. The van der Waals surface area contributed by atoms with E-state index in [0.29, 0.717) is 44.9 Å². The highest BCUT2D eigenvalue weighted by atomic mass is 31.2. The lowest BCUT2D eigenvalue weighted by atomic mass is 9.88. The van der Waals surface area contributed by atoms with E-state index < -0.39 is 78.4 Å². The highest BCUT2D eigenvalue weighted by Gasteiger charge is 2.39. The zero-order valence-corrected chi connectivity index (χ0v) is 41.8. The monoisotopic (exact) mass is 971 g/mol. The van der Waals surface area contributed by atoms with Crippen molar-refractivity contribution in [2.24, 2.45) is 17.8 Å². The summed E-state index contributed by atoms with van der Waals surface area (Å²) in [6, 6.07) is 0. The summed E-state index contributed by atoms with van der Waals surface area (Å²) in [5, 5.41) is 30.6. The number of carbonyl (C=O) groups is 3. The van der Waals surface area contributed by atoms with Gasteiger partial charge in [0.25, 0.3) is 0 Å². The minimum atomic E-state index is -4.90. The Bertz CT molecular complexity index is 1370. The van der Waals surface area contributed by atoms with Crippen LogP contribution in [0.5, 0.6) is 0 Å². The Kier molecular flexibility index (Phi) is 35.3. The average Bonchev–Trinajstić information content (AvgIpc) is 3.51. The van der Waals surface area contributed by atoms with Crippen molar-refractivity contribution in [1.82, 2.24) is 0 Å². The fraction of sp³-hybridized carbons (Fsp3) is 0.894. The van der Waals surface area contributed by atoms with Gasteiger partial charge in [-0.1, -0.05) is 168 Å². The van der Waals surface area contributed by atoms with Crippen LogP contribution < -0.4 is 0 Å². The Hall–Kier alpha value is -1.55. The van der Waals surface area contributed by atoms with E-state index in [-0.39, 0.29) is 36.9 Å². The molecule has 1 rings (SSSR count). The van der Waals surface area contributed by atoms with E-state index in [2.05, 4.69) is 25.3 Å². The standard InChI is InChI=1S/C47H88O16P2/c1-4-5-21-27-39(48)31-32-43-42(44(50)33-45(43)51)28-23-19-20-25-30-47(53)63-41(37-62-65(57,58)61-35-40(49)34-60-64(54,55)56)36-59-46(52)29-24-18-16-14-12-10-8-6-7-9-11-13-15-17-22-26-38(2)3/h31-32,38-43,45,48-49,51H,4-30,33-37H2,1-3H3,(H,57,58)(H2,54,55,56)/b32-31+/t39-,40-,41+,42+,43+,45+/m0/s1. The molecular formula is C47H88O16P2. The Balaban J connectivity index is 2.47. The molecule has 0 bridgehead atoms. The van der Waals surface area contributed by atoms with Crippen molar-refractivity contribution in [3.8, 4) is 0 Å². The number of aliphatic hydroxyl groups is 3. The van der Waals surface area contributed by atoms with Gasteiger partial charge < -0.3 is 39.5 Å². The molecule has 6 N–H and O–H groups in total. The maximum Gasteiger partial charge on any atom is 0.472 e. The second-order valence-corrected chi connectivity index (χ2v) is 21.0. The quantitative estimate of drug-likeness (QED) is 0.0144. The number of hydrogen-bond acceptors (Lipinski definition) is 13. The maximum absolute atomic E-state index is 12.8. The number of phosphoric ester groups is 2. The molecule has 0 aromatic carbocycles. The van der Waals surface area contributed by atoms with E-state index in [4.69, 9.17) is 28.3 Å². The van der Waals surface area contributed by atoms with Gasteiger partial charge in [0, 0.05) is 31.1 Å². The summed E-state index contributed by atoms with van der Waals surface area (Å²) in [4.78, 5) is 65.7. The normalized spacial score (nSPS) is 19.2. The summed E-state index contributed by atoms with van der Waals surface area (Å²) < 4.78 is 47.9. The molecule has 0 radical (unpaired) electrons. The third-order valence-electron chi connectivity index (χ3n) is 11.7. The van der Waals surface area contributed by atoms with Gasteiger partial charge >= 0.3 is 27.6 Å². The first kappa shape index (κ1) is 61.5. The SMILES string of the molecule is CCCCC[C@H](O)/C=C/[C@H]1[C@H](O)CC(=O)[C@@H]1CCCCCCC(=O)O[C@H](COC(=O)CCCCCCCCCCCCCCCCCC(C)C)COP(=O)(O)OC[C@@H](O)COP(=O)(O)O. The number of ketones is 1. The van der Waals surface area contributed by atoms with Crippen LogP contribution in [0.25, 0.3) is 0 Å². The first-order valence-electron chi connectivity index (χ1n) is 24.8. The van der Waals surface area contributed by atoms with Crippen molar-refractivity contribution >= 4 is 33.4 Å². The van der Waals surface area contributed by atoms with Gasteiger partial charge in [0.15, 0.2) is 6.10 Å². The first-order chi connectivity index (χ1) is 30.9. The van der Waals surface area contributed by atoms with E-state index in [9.17, 15) is 43.7 Å². The Morgan fingerprint density at radius 3 is 1.71 bits per heavy atom. The molecule has 16 nitrogen and oxygen atoms in total. The highest BCUT2D eigenvalue weighted by molar-refractivity contribution is 7.47. The summed E-state index contributed by atoms with van der Waals surface area (Å²) in [7, 11) is -9.77. The van der Waals surface area contributed by atoms with E-state index in [1.54, 1.807) is 12.2 Å². The number of phosphoric acid groups is 2. The van der Waals surface area contributed by atoms with Gasteiger partial charge in [-0.05, 0) is 31.6 Å². The molecule has 0 spiro atoms. The van der Waals surface area contributed by atoms with Crippen LogP contribution in [0.3, 0.4) is 0 Å². The van der Waals surface area contributed by atoms with Crippen molar-refractivity contribution in [3.63, 3.8) is 0 Å². The predicted octanol–water partition coefficient (Wildman–Crippen LogP) is 9.74. The number of rotatable bonds is 43. The third kappa shape index (κ3) is 35.3. The Morgan fingerprint density at radius 1 is 0.662 bits per heavy atom. The van der Waals surface area contributed by atoms with E-state index >= 15 is 0 Å². The lowest BCUT2D eigenvalue weighted by Crippen LogP contribution is -2.30. The average molecular weight is 971 g/mol. The smallest absolute Gasteiger partial charge is 0.462 e. The lowest BCUT2D eigenvalue weighted by Gasteiger charge is -2.20. The molecule has 0 saturated heterocycles. The summed E-state index contributed by atoms with van der Waals surface area (Å²) in [6.07, 6.45) is 25.3. The minimum Gasteiger partial charge on any atom is -0.462 e. The molecule has 1 saturated carbocycles. The van der Waals surface area contributed by atoms with Gasteiger partial charge in [0.2, 0.25) is 0 Å². The van der Waals surface area contributed by atoms with E-state index in [1.165, 1.54) is 77.0 Å². The van der Waals surface area contributed by atoms with Gasteiger partial charge in [-0.2, -0.15) is 0 Å². The van der Waals surface area contributed by atoms with Crippen LogP contribution in [0.15, 0.2) is 12.2 Å². The minimum absolute atomic E-state index is 0.00291. The van der Waals surface area contributed by atoms with Crippen molar-refractivity contribution in [3.05, 3.63) is 12.2 Å². The molecular weight excluding hydrogens is 882 g/mol. The number of aliphatic hydroxyl groups excluding tert-OH is 3. The zero-order valence-electron chi connectivity index (χ0n) is 40.0. The van der Waals surface area contributed by atoms with Gasteiger partial charge in [-0.15, -0.1) is 0 Å². The molecule has 0 heterocycles. The summed E-state index contributed by atoms with van der Waals surface area (Å²) in [5.74, 6) is -1.05. The third-order valence-corrected chi connectivity index (χ3v) is 13.2. The van der Waals surface area contributed by atoms with Gasteiger partial charge in [0.1, 0.15) is 18.5 Å². The molecule has 0 aromatic heterocycles. The lowest BCUT2D eigenvalue weighted by molar-refractivity contribution is -0.161. The zero-order chi connectivity index (χ0) is 48.4. The van der Waals surface area contributed by atoms with Crippen LogP contribution >= 0.6 is 15.6 Å². The van der Waals surface area contributed by atoms with Crippen molar-refractivity contribution in [1.29, 1.82) is 0 Å². The second-order valence-electron chi connectivity index (χ2n) is 18.4. The number of carbonyl (C=O) groups excluding carboxylic acids is 3. The Morgan fingerprint density at radius 2 is 1.15 bits per heavy atom. The van der Waals surface area contributed by atoms with Crippen LogP contribution in [0.1, 0.15) is 201 Å². The first-order valence-corrected chi connectivity index (χ1v) is 27.9. The molecule has 0 amide bonds. The van der Waals surface area contributed by atoms with Crippen LogP contribution in [0.4, 0.5) is 0 Å². The molecule has 0 aromatic rings. The molecule has 1 unspecified atom stereocenters. The molecule has 65 heavy (non-hydrogen) atoms. The topological polar surface area (TPSA) is 253 Å². The molecule has 1 aliphatic rings. The van der Waals surface area contributed by atoms with E-state index in [1.807, 2.05) is 0 Å². The van der Waals surface area contributed by atoms with Crippen LogP contribution in [0.2, 0.25) is 0 Å². The van der Waals surface area contributed by atoms with Crippen LogP contribution in [0, 0.1) is 17.8 Å². The fourth-order valence-electron chi connectivity index (χ4n) is 7.90. The number of esters is 2.